The van der Waals surface area contributed by atoms with Crippen LogP contribution in [0.3, 0.4) is 0 Å². The first-order valence-corrected chi connectivity index (χ1v) is 7.83. The Labute approximate surface area is 133 Å². The third kappa shape index (κ3) is 2.78. The number of benzene rings is 2. The second-order valence-electron chi connectivity index (χ2n) is 5.28. The molecular weight excluding hydrogens is 330 g/mol. The van der Waals surface area contributed by atoms with Gasteiger partial charge in [-0.1, -0.05) is 34.1 Å². The number of hydrogen-bond donors (Lipinski definition) is 2. The van der Waals surface area contributed by atoms with Crippen molar-refractivity contribution in [3.63, 3.8) is 0 Å². The number of rotatable bonds is 4. The molecule has 2 aromatic carbocycles. The maximum atomic E-state index is 9.94. The van der Waals surface area contributed by atoms with E-state index < -0.39 is 0 Å². The van der Waals surface area contributed by atoms with Gasteiger partial charge < -0.3 is 15.2 Å². The summed E-state index contributed by atoms with van der Waals surface area (Å²) < 4.78 is 6.34. The molecule has 3 nitrogen and oxygen atoms in total. The second-order valence-corrected chi connectivity index (χ2v) is 6.13. The normalized spacial score (nSPS) is 16.8. The van der Waals surface area contributed by atoms with Crippen LogP contribution >= 0.6 is 15.9 Å². The first kappa shape index (κ1) is 14.4. The Morgan fingerprint density at radius 3 is 2.90 bits per heavy atom. The number of methoxy groups -OCH3 is 1. The molecule has 1 atom stereocenters. The van der Waals surface area contributed by atoms with Crippen molar-refractivity contribution in [2.75, 3.05) is 12.4 Å². The third-order valence-electron chi connectivity index (χ3n) is 3.98. The van der Waals surface area contributed by atoms with Crippen molar-refractivity contribution < 1.29 is 9.84 Å². The smallest absolute Gasteiger partial charge is 0.119 e. The lowest BCUT2D eigenvalue weighted by atomic mass is 10.1. The molecule has 21 heavy (non-hydrogen) atoms. The van der Waals surface area contributed by atoms with E-state index in [1.165, 1.54) is 5.56 Å². The van der Waals surface area contributed by atoms with Crippen molar-refractivity contribution in [1.29, 1.82) is 0 Å². The maximum absolute atomic E-state index is 9.94. The zero-order valence-electron chi connectivity index (χ0n) is 11.9. The van der Waals surface area contributed by atoms with Crippen LogP contribution < -0.4 is 5.32 Å². The van der Waals surface area contributed by atoms with Gasteiger partial charge >= 0.3 is 0 Å². The zero-order chi connectivity index (χ0) is 14.8. The number of phenols is 1. The Kier molecular flexibility index (Phi) is 4.17. The predicted octanol–water partition coefficient (Wildman–Crippen LogP) is 4.40. The molecule has 0 heterocycles. The zero-order valence-corrected chi connectivity index (χ0v) is 13.5. The molecule has 0 aliphatic heterocycles. The highest BCUT2D eigenvalue weighted by atomic mass is 79.9. The summed E-state index contributed by atoms with van der Waals surface area (Å²) in [5.74, 6) is 0.406. The Hall–Kier alpha value is -1.52. The second kappa shape index (κ2) is 6.08. The van der Waals surface area contributed by atoms with Crippen LogP contribution in [0.25, 0.3) is 0 Å². The summed E-state index contributed by atoms with van der Waals surface area (Å²) in [6, 6.07) is 12.1. The van der Waals surface area contributed by atoms with E-state index in [-0.39, 0.29) is 6.04 Å². The highest BCUT2D eigenvalue weighted by Gasteiger charge is 2.25. The Bertz CT molecular complexity index is 657. The van der Waals surface area contributed by atoms with Crippen molar-refractivity contribution in [1.82, 2.24) is 0 Å². The minimum absolute atomic E-state index is 0.233. The average Bonchev–Trinajstić information content (AvgIpc) is 2.87. The van der Waals surface area contributed by atoms with E-state index in [0.29, 0.717) is 12.4 Å². The van der Waals surface area contributed by atoms with Crippen LogP contribution in [0, 0.1) is 0 Å². The minimum atomic E-state index is 0.233. The molecule has 4 heteroatoms. The van der Waals surface area contributed by atoms with Crippen LogP contribution in [0.2, 0.25) is 0 Å². The van der Waals surface area contributed by atoms with Gasteiger partial charge in [0.05, 0.1) is 12.6 Å². The van der Waals surface area contributed by atoms with Gasteiger partial charge in [0.2, 0.25) is 0 Å². The van der Waals surface area contributed by atoms with E-state index >= 15 is 0 Å². The molecule has 0 fully saturated rings. The van der Waals surface area contributed by atoms with E-state index in [1.807, 2.05) is 18.2 Å². The van der Waals surface area contributed by atoms with Crippen molar-refractivity contribution >= 4 is 21.6 Å². The highest BCUT2D eigenvalue weighted by molar-refractivity contribution is 9.10. The van der Waals surface area contributed by atoms with E-state index in [0.717, 1.165) is 34.1 Å². The van der Waals surface area contributed by atoms with Crippen molar-refractivity contribution in [3.8, 4) is 5.75 Å². The fourth-order valence-electron chi connectivity index (χ4n) is 2.96. The van der Waals surface area contributed by atoms with Crippen LogP contribution in [0.5, 0.6) is 5.75 Å². The number of halogens is 1. The summed E-state index contributed by atoms with van der Waals surface area (Å²) in [6.45, 7) is 0.559. The van der Waals surface area contributed by atoms with Crippen molar-refractivity contribution in [2.24, 2.45) is 0 Å². The first-order valence-electron chi connectivity index (χ1n) is 7.04. The molecule has 0 amide bonds. The molecule has 0 aromatic heterocycles. The van der Waals surface area contributed by atoms with Gasteiger partial charge in [-0.25, -0.2) is 0 Å². The summed E-state index contributed by atoms with van der Waals surface area (Å²) in [4.78, 5) is 0. The van der Waals surface area contributed by atoms with Gasteiger partial charge in [-0.05, 0) is 42.2 Å². The molecule has 0 radical (unpaired) electrons. The number of anilines is 1. The maximum Gasteiger partial charge on any atom is 0.119 e. The standard InChI is InChI=1S/C17H18BrNO2/c1-21-10-13-14(18)5-3-6-15(13)19-16-9-8-12-11(16)4-2-7-17(12)20/h2-7,16,19-20H,8-10H2,1H3. The predicted molar refractivity (Wildman–Crippen MR) is 87.6 cm³/mol. The van der Waals surface area contributed by atoms with Gasteiger partial charge in [0, 0.05) is 22.8 Å². The quantitative estimate of drug-likeness (QED) is 0.861. The number of nitrogens with one attached hydrogen (secondary N) is 1. The van der Waals surface area contributed by atoms with Crippen LogP contribution in [0.4, 0.5) is 5.69 Å². The van der Waals surface area contributed by atoms with Gasteiger partial charge in [-0.3, -0.25) is 0 Å². The van der Waals surface area contributed by atoms with E-state index in [2.05, 4.69) is 33.4 Å². The summed E-state index contributed by atoms with van der Waals surface area (Å²) in [5.41, 5.74) is 4.46. The van der Waals surface area contributed by atoms with Crippen LogP contribution in [-0.4, -0.2) is 12.2 Å². The van der Waals surface area contributed by atoms with Crippen molar-refractivity contribution in [2.45, 2.75) is 25.5 Å². The monoisotopic (exact) mass is 347 g/mol. The fourth-order valence-corrected chi connectivity index (χ4v) is 3.44. The Morgan fingerprint density at radius 1 is 1.29 bits per heavy atom. The summed E-state index contributed by atoms with van der Waals surface area (Å²) in [5, 5.41) is 13.5. The number of hydrogen-bond acceptors (Lipinski definition) is 3. The SMILES string of the molecule is COCc1c(Br)cccc1NC1CCc2c(O)cccc21. The largest absolute Gasteiger partial charge is 0.508 e. The van der Waals surface area contributed by atoms with E-state index in [1.54, 1.807) is 13.2 Å². The van der Waals surface area contributed by atoms with E-state index in [4.69, 9.17) is 4.74 Å². The minimum Gasteiger partial charge on any atom is -0.508 e. The number of aromatic hydroxyl groups is 1. The molecule has 0 bridgehead atoms. The third-order valence-corrected chi connectivity index (χ3v) is 4.73. The van der Waals surface area contributed by atoms with Gasteiger partial charge in [0.1, 0.15) is 5.75 Å². The fraction of sp³-hybridized carbons (Fsp3) is 0.294. The molecule has 1 aliphatic rings. The lowest BCUT2D eigenvalue weighted by Gasteiger charge is -2.19. The molecule has 0 saturated carbocycles. The van der Waals surface area contributed by atoms with Crippen LogP contribution in [0.15, 0.2) is 40.9 Å². The summed E-state index contributed by atoms with van der Waals surface area (Å²) >= 11 is 3.58. The molecule has 0 saturated heterocycles. The lowest BCUT2D eigenvalue weighted by Crippen LogP contribution is -2.09. The number of phenolic OH excluding ortho intramolecular Hbond substituents is 1. The molecular formula is C17H18BrNO2. The van der Waals surface area contributed by atoms with Gasteiger partial charge in [-0.15, -0.1) is 0 Å². The number of fused-ring (bicyclic) bond motifs is 1. The Balaban J connectivity index is 1.90. The van der Waals surface area contributed by atoms with Gasteiger partial charge in [0.25, 0.3) is 0 Å². The molecule has 2 aromatic rings. The number of ether oxygens (including phenoxy) is 1. The average molecular weight is 348 g/mol. The van der Waals surface area contributed by atoms with Crippen LogP contribution in [0.1, 0.15) is 29.2 Å². The molecule has 2 N–H and O–H groups in total. The lowest BCUT2D eigenvalue weighted by molar-refractivity contribution is 0.185. The molecule has 1 aliphatic carbocycles. The molecule has 3 rings (SSSR count). The summed E-state index contributed by atoms with van der Waals surface area (Å²) in [6.07, 6.45) is 1.90. The highest BCUT2D eigenvalue weighted by Crippen LogP contribution is 2.39. The van der Waals surface area contributed by atoms with Crippen molar-refractivity contribution in [3.05, 3.63) is 57.6 Å². The van der Waals surface area contributed by atoms with E-state index in [9.17, 15) is 5.11 Å². The summed E-state index contributed by atoms with van der Waals surface area (Å²) in [7, 11) is 1.70. The van der Waals surface area contributed by atoms with Gasteiger partial charge in [0.15, 0.2) is 0 Å². The molecule has 0 spiro atoms. The molecule has 1 unspecified atom stereocenters. The molecule has 110 valence electrons. The van der Waals surface area contributed by atoms with Crippen LogP contribution in [-0.2, 0) is 17.8 Å². The van der Waals surface area contributed by atoms with Gasteiger partial charge in [-0.2, -0.15) is 0 Å². The topological polar surface area (TPSA) is 41.5 Å². The first-order chi connectivity index (χ1) is 10.2. The Morgan fingerprint density at radius 2 is 2.10 bits per heavy atom.